The summed E-state index contributed by atoms with van der Waals surface area (Å²) in [6.45, 7) is 15.5. The summed E-state index contributed by atoms with van der Waals surface area (Å²) >= 11 is 0. The van der Waals surface area contributed by atoms with Gasteiger partial charge in [-0.05, 0) is 91.8 Å². The van der Waals surface area contributed by atoms with Crippen LogP contribution >= 0.6 is 0 Å². The number of allylic oxidation sites excluding steroid dienone is 2. The first-order chi connectivity index (χ1) is 18.6. The Labute approximate surface area is 230 Å². The smallest absolute Gasteiger partial charge is 0.253 e. The molecule has 0 radical (unpaired) electrons. The SMILES string of the molecule is CC1=CC(C(C)C)c2cc(-c3ccc(N4CCNC[C@@H]4C)nc3)cc(C(=O)NCc3c(C)cc(C)[nH]c3=O)c21. The monoisotopic (exact) mass is 525 g/mol. The third-order valence-corrected chi connectivity index (χ3v) is 8.11. The van der Waals surface area contributed by atoms with E-state index in [-0.39, 0.29) is 23.9 Å². The molecule has 7 heteroatoms. The third kappa shape index (κ3) is 5.28. The number of nitrogens with zero attached hydrogens (tertiary/aromatic N) is 2. The molecule has 2 aromatic heterocycles. The molecule has 7 nitrogen and oxygen atoms in total. The molecule has 0 bridgehead atoms. The number of fused-ring (bicyclic) bond motifs is 1. The van der Waals surface area contributed by atoms with Crippen molar-refractivity contribution in [2.45, 2.75) is 60.0 Å². The van der Waals surface area contributed by atoms with E-state index in [1.165, 1.54) is 5.56 Å². The second-order valence-electron chi connectivity index (χ2n) is 11.4. The Balaban J connectivity index is 1.50. The van der Waals surface area contributed by atoms with Gasteiger partial charge >= 0.3 is 0 Å². The maximum atomic E-state index is 13.7. The van der Waals surface area contributed by atoms with Gasteiger partial charge in [0.2, 0.25) is 0 Å². The van der Waals surface area contributed by atoms with Gasteiger partial charge in [0, 0.05) is 66.7 Å². The Morgan fingerprint density at radius 3 is 2.62 bits per heavy atom. The second-order valence-corrected chi connectivity index (χ2v) is 11.4. The second kappa shape index (κ2) is 10.8. The summed E-state index contributed by atoms with van der Waals surface area (Å²) in [5, 5.41) is 6.46. The van der Waals surface area contributed by atoms with E-state index in [9.17, 15) is 9.59 Å². The van der Waals surface area contributed by atoms with Gasteiger partial charge in [-0.15, -0.1) is 0 Å². The number of hydrogen-bond acceptors (Lipinski definition) is 5. The van der Waals surface area contributed by atoms with Crippen molar-refractivity contribution in [3.63, 3.8) is 0 Å². The van der Waals surface area contributed by atoms with E-state index >= 15 is 0 Å². The Kier molecular flexibility index (Phi) is 7.45. The molecule has 39 heavy (non-hydrogen) atoms. The van der Waals surface area contributed by atoms with Crippen LogP contribution in [-0.4, -0.2) is 41.6 Å². The van der Waals surface area contributed by atoms with E-state index < -0.39 is 0 Å². The molecule has 1 amide bonds. The van der Waals surface area contributed by atoms with E-state index in [4.69, 9.17) is 4.98 Å². The molecule has 3 heterocycles. The Hall–Kier alpha value is -3.71. The van der Waals surface area contributed by atoms with E-state index in [0.29, 0.717) is 23.1 Å². The van der Waals surface area contributed by atoms with Gasteiger partial charge in [-0.2, -0.15) is 0 Å². The minimum atomic E-state index is -0.177. The van der Waals surface area contributed by atoms with E-state index in [1.807, 2.05) is 32.2 Å². The highest BCUT2D eigenvalue weighted by molar-refractivity contribution is 6.02. The molecule has 0 saturated carbocycles. The maximum Gasteiger partial charge on any atom is 0.253 e. The summed E-state index contributed by atoms with van der Waals surface area (Å²) < 4.78 is 0. The predicted molar refractivity (Wildman–Crippen MR) is 158 cm³/mol. The fraction of sp³-hybridized carbons (Fsp3) is 0.406. The van der Waals surface area contributed by atoms with Crippen LogP contribution in [0.2, 0.25) is 0 Å². The zero-order valence-corrected chi connectivity index (χ0v) is 23.8. The highest BCUT2D eigenvalue weighted by Crippen LogP contribution is 2.43. The van der Waals surface area contributed by atoms with Crippen molar-refractivity contribution in [1.29, 1.82) is 0 Å². The van der Waals surface area contributed by atoms with Gasteiger partial charge in [-0.1, -0.05) is 19.9 Å². The van der Waals surface area contributed by atoms with Crippen LogP contribution in [0.15, 0.2) is 47.4 Å². The molecule has 5 rings (SSSR count). The number of anilines is 1. The number of carbonyl (C=O) groups excluding carboxylic acids is 1. The number of carbonyl (C=O) groups is 1. The van der Waals surface area contributed by atoms with Crippen molar-refractivity contribution < 1.29 is 4.79 Å². The summed E-state index contributed by atoms with van der Waals surface area (Å²) in [5.74, 6) is 1.44. The number of aromatic amines is 1. The molecular formula is C32H39N5O2. The van der Waals surface area contributed by atoms with Gasteiger partial charge in [0.1, 0.15) is 5.82 Å². The highest BCUT2D eigenvalue weighted by Gasteiger charge is 2.29. The van der Waals surface area contributed by atoms with Gasteiger partial charge in [0.25, 0.3) is 11.5 Å². The molecule has 3 N–H and O–H groups in total. The maximum absolute atomic E-state index is 13.7. The molecule has 0 spiro atoms. The Morgan fingerprint density at radius 1 is 1.15 bits per heavy atom. The van der Waals surface area contributed by atoms with Crippen molar-refractivity contribution in [3.05, 3.63) is 86.5 Å². The first kappa shape index (κ1) is 26.9. The molecule has 1 unspecified atom stereocenters. The van der Waals surface area contributed by atoms with E-state index in [1.54, 1.807) is 0 Å². The quantitative estimate of drug-likeness (QED) is 0.424. The standard InChI is InChI=1S/C32H39N5O2/c1-18(2)25-12-20(4)30-26(25)13-24(23-7-8-29(34-16-23)37-10-9-33-15-22(37)6)14-27(30)31(38)35-17-28-19(3)11-21(5)36-32(28)39/h7-8,11-14,16,18,22,25,33H,9-10,15,17H2,1-6H3,(H,35,38)(H,36,39)/t22-,25?/m0/s1. The normalized spacial score (nSPS) is 18.7. The van der Waals surface area contributed by atoms with Gasteiger partial charge in [-0.3, -0.25) is 9.59 Å². The molecule has 3 aromatic rings. The minimum Gasteiger partial charge on any atom is -0.351 e. The molecule has 204 valence electrons. The first-order valence-corrected chi connectivity index (χ1v) is 13.9. The number of aryl methyl sites for hydroxylation is 2. The van der Waals surface area contributed by atoms with Crippen molar-refractivity contribution in [2.24, 2.45) is 5.92 Å². The fourth-order valence-corrected chi connectivity index (χ4v) is 5.98. The minimum absolute atomic E-state index is 0.160. The third-order valence-electron chi connectivity index (χ3n) is 8.11. The number of pyridine rings is 2. The zero-order valence-electron chi connectivity index (χ0n) is 23.8. The molecule has 1 saturated heterocycles. The molecular weight excluding hydrogens is 486 g/mol. The molecule has 1 aliphatic carbocycles. The average molecular weight is 526 g/mol. The van der Waals surface area contributed by atoms with Gasteiger partial charge < -0.3 is 20.5 Å². The number of benzene rings is 1. The van der Waals surface area contributed by atoms with Gasteiger partial charge in [0.15, 0.2) is 0 Å². The van der Waals surface area contributed by atoms with Crippen molar-refractivity contribution in [3.8, 4) is 11.1 Å². The number of nitrogens with one attached hydrogen (secondary N) is 3. The molecule has 1 aliphatic heterocycles. The molecule has 2 atom stereocenters. The predicted octanol–water partition coefficient (Wildman–Crippen LogP) is 4.94. The van der Waals surface area contributed by atoms with Gasteiger partial charge in [-0.25, -0.2) is 4.98 Å². The summed E-state index contributed by atoms with van der Waals surface area (Å²) in [7, 11) is 0. The summed E-state index contributed by atoms with van der Waals surface area (Å²) in [6.07, 6.45) is 4.19. The van der Waals surface area contributed by atoms with Crippen LogP contribution in [0.3, 0.4) is 0 Å². The van der Waals surface area contributed by atoms with Crippen molar-refractivity contribution >= 4 is 17.3 Å². The van der Waals surface area contributed by atoms with E-state index in [2.05, 4.69) is 72.5 Å². The lowest BCUT2D eigenvalue weighted by Crippen LogP contribution is -2.50. The lowest BCUT2D eigenvalue weighted by atomic mass is 9.86. The fourth-order valence-electron chi connectivity index (χ4n) is 5.98. The van der Waals surface area contributed by atoms with E-state index in [0.717, 1.165) is 59.0 Å². The van der Waals surface area contributed by atoms with Crippen LogP contribution < -0.4 is 21.1 Å². The summed E-state index contributed by atoms with van der Waals surface area (Å²) in [6, 6.07) is 10.7. The molecule has 1 fully saturated rings. The van der Waals surface area contributed by atoms with Crippen LogP contribution in [0.25, 0.3) is 16.7 Å². The summed E-state index contributed by atoms with van der Waals surface area (Å²) in [4.78, 5) is 36.2. The molecule has 1 aromatic carbocycles. The van der Waals surface area contributed by atoms with Crippen LogP contribution in [0.1, 0.15) is 71.9 Å². The lowest BCUT2D eigenvalue weighted by molar-refractivity contribution is 0.0950. The highest BCUT2D eigenvalue weighted by atomic mass is 16.1. The number of H-pyrrole nitrogens is 1. The van der Waals surface area contributed by atoms with Crippen LogP contribution in [-0.2, 0) is 6.54 Å². The lowest BCUT2D eigenvalue weighted by Gasteiger charge is -2.34. The van der Waals surface area contributed by atoms with Crippen LogP contribution in [0.5, 0.6) is 0 Å². The average Bonchev–Trinajstić information content (AvgIpc) is 3.24. The summed E-state index contributed by atoms with van der Waals surface area (Å²) in [5.41, 5.74) is 8.00. The topological polar surface area (TPSA) is 90.1 Å². The molecule has 2 aliphatic rings. The Bertz CT molecular complexity index is 1490. The Morgan fingerprint density at radius 2 is 1.95 bits per heavy atom. The van der Waals surface area contributed by atoms with Crippen molar-refractivity contribution in [1.82, 2.24) is 20.6 Å². The van der Waals surface area contributed by atoms with Crippen molar-refractivity contribution in [2.75, 3.05) is 24.5 Å². The first-order valence-electron chi connectivity index (χ1n) is 13.9. The number of rotatable bonds is 6. The number of aromatic nitrogens is 2. The zero-order chi connectivity index (χ0) is 27.8. The number of amides is 1. The van der Waals surface area contributed by atoms with Crippen LogP contribution in [0.4, 0.5) is 5.82 Å². The number of hydrogen-bond donors (Lipinski definition) is 3. The van der Waals surface area contributed by atoms with Gasteiger partial charge in [0.05, 0.1) is 0 Å². The number of piperazine rings is 1. The largest absolute Gasteiger partial charge is 0.351 e. The van der Waals surface area contributed by atoms with Crippen LogP contribution in [0, 0.1) is 19.8 Å².